The average molecular weight is 436 g/mol. The average Bonchev–Trinajstić information content (AvgIpc) is 3.44. The van der Waals surface area contributed by atoms with Gasteiger partial charge in [-0.05, 0) is 56.5 Å². The third kappa shape index (κ3) is 5.28. The summed E-state index contributed by atoms with van der Waals surface area (Å²) in [7, 11) is 0. The monoisotopic (exact) mass is 435 g/mol. The van der Waals surface area contributed by atoms with Crippen LogP contribution in [0.25, 0.3) is 11.4 Å². The molecule has 2 heterocycles. The number of rotatable bonds is 8. The molecule has 4 rings (SSSR count). The van der Waals surface area contributed by atoms with Crippen LogP contribution >= 0.6 is 11.8 Å². The van der Waals surface area contributed by atoms with Crippen LogP contribution in [0.2, 0.25) is 0 Å². The van der Waals surface area contributed by atoms with Crippen molar-refractivity contribution in [2.75, 3.05) is 29.1 Å². The number of hydrogen-bond donors (Lipinski definition) is 1. The van der Waals surface area contributed by atoms with Crippen LogP contribution in [0.1, 0.15) is 31.7 Å². The SMILES string of the molecule is CCCn1c(SCC(=O)Nc2ccc(N3CCCC3)cc2)nnc1-c1cccc(C)c1. The molecule has 1 amide bonds. The van der Waals surface area contributed by atoms with Crippen LogP contribution in [0.3, 0.4) is 0 Å². The maximum Gasteiger partial charge on any atom is 0.234 e. The lowest BCUT2D eigenvalue weighted by Crippen LogP contribution is -2.18. The Morgan fingerprint density at radius 2 is 1.87 bits per heavy atom. The van der Waals surface area contributed by atoms with Crippen molar-refractivity contribution < 1.29 is 4.79 Å². The van der Waals surface area contributed by atoms with Crippen molar-refractivity contribution in [3.63, 3.8) is 0 Å². The van der Waals surface area contributed by atoms with Crippen molar-refractivity contribution in [2.45, 2.75) is 44.8 Å². The molecule has 1 aliphatic heterocycles. The molecule has 0 aliphatic carbocycles. The normalized spacial score (nSPS) is 13.5. The molecule has 1 N–H and O–H groups in total. The van der Waals surface area contributed by atoms with E-state index in [-0.39, 0.29) is 5.91 Å². The topological polar surface area (TPSA) is 63.1 Å². The number of aryl methyl sites for hydroxylation is 1. The Bertz CT molecular complexity index is 1020. The predicted octanol–water partition coefficient (Wildman–Crippen LogP) is 4.99. The van der Waals surface area contributed by atoms with Crippen LogP contribution in [0, 0.1) is 6.92 Å². The van der Waals surface area contributed by atoms with Crippen LogP contribution in [-0.2, 0) is 11.3 Å². The van der Waals surface area contributed by atoms with Gasteiger partial charge in [0.05, 0.1) is 5.75 Å². The molecule has 1 aromatic heterocycles. The fourth-order valence-electron chi connectivity index (χ4n) is 3.88. The van der Waals surface area contributed by atoms with Gasteiger partial charge < -0.3 is 14.8 Å². The zero-order valence-corrected chi connectivity index (χ0v) is 19.0. The molecule has 0 unspecified atom stereocenters. The molecule has 1 aliphatic rings. The Morgan fingerprint density at radius 3 is 2.58 bits per heavy atom. The fourth-order valence-corrected chi connectivity index (χ4v) is 4.64. The molecule has 3 aromatic rings. The van der Waals surface area contributed by atoms with Crippen molar-refractivity contribution in [2.24, 2.45) is 0 Å². The van der Waals surface area contributed by atoms with Gasteiger partial charge in [-0.3, -0.25) is 4.79 Å². The van der Waals surface area contributed by atoms with Gasteiger partial charge in [0, 0.05) is 36.6 Å². The van der Waals surface area contributed by atoms with Crippen molar-refractivity contribution in [1.82, 2.24) is 14.8 Å². The van der Waals surface area contributed by atoms with Gasteiger partial charge in [0.2, 0.25) is 5.91 Å². The maximum atomic E-state index is 12.5. The summed E-state index contributed by atoms with van der Waals surface area (Å²) in [6.45, 7) is 7.25. The number of carbonyl (C=O) groups is 1. The Balaban J connectivity index is 1.38. The molecular weight excluding hydrogens is 406 g/mol. The predicted molar refractivity (Wildman–Crippen MR) is 128 cm³/mol. The highest BCUT2D eigenvalue weighted by Gasteiger charge is 2.16. The minimum atomic E-state index is -0.0397. The Morgan fingerprint density at radius 1 is 1.10 bits per heavy atom. The molecule has 0 radical (unpaired) electrons. The van der Waals surface area contributed by atoms with Crippen LogP contribution in [0.4, 0.5) is 11.4 Å². The van der Waals surface area contributed by atoms with Crippen molar-refractivity contribution in [3.05, 3.63) is 54.1 Å². The highest BCUT2D eigenvalue weighted by molar-refractivity contribution is 7.99. The van der Waals surface area contributed by atoms with E-state index in [9.17, 15) is 4.79 Å². The van der Waals surface area contributed by atoms with E-state index < -0.39 is 0 Å². The maximum absolute atomic E-state index is 12.5. The molecule has 2 aromatic carbocycles. The van der Waals surface area contributed by atoms with Gasteiger partial charge in [0.1, 0.15) is 0 Å². The number of nitrogens with zero attached hydrogens (tertiary/aromatic N) is 4. The minimum Gasteiger partial charge on any atom is -0.372 e. The van der Waals surface area contributed by atoms with Crippen molar-refractivity contribution in [3.8, 4) is 11.4 Å². The summed E-state index contributed by atoms with van der Waals surface area (Å²) in [6.07, 6.45) is 3.48. The summed E-state index contributed by atoms with van der Waals surface area (Å²) in [4.78, 5) is 14.9. The summed E-state index contributed by atoms with van der Waals surface area (Å²) in [6, 6.07) is 16.4. The number of hydrogen-bond acceptors (Lipinski definition) is 5. The van der Waals surface area contributed by atoms with E-state index >= 15 is 0 Å². The van der Waals surface area contributed by atoms with E-state index in [1.165, 1.54) is 35.9 Å². The van der Waals surface area contributed by atoms with E-state index in [1.54, 1.807) is 0 Å². The number of benzene rings is 2. The molecule has 1 fully saturated rings. The lowest BCUT2D eigenvalue weighted by atomic mass is 10.1. The minimum absolute atomic E-state index is 0.0397. The van der Waals surface area contributed by atoms with Gasteiger partial charge in [0.25, 0.3) is 0 Å². The van der Waals surface area contributed by atoms with Gasteiger partial charge >= 0.3 is 0 Å². The first-order valence-electron chi connectivity index (χ1n) is 10.9. The second kappa shape index (κ2) is 10.0. The zero-order chi connectivity index (χ0) is 21.6. The highest BCUT2D eigenvalue weighted by atomic mass is 32.2. The third-order valence-electron chi connectivity index (χ3n) is 5.39. The largest absolute Gasteiger partial charge is 0.372 e. The van der Waals surface area contributed by atoms with Gasteiger partial charge in [-0.15, -0.1) is 10.2 Å². The Labute approximate surface area is 188 Å². The molecule has 0 atom stereocenters. The first-order valence-corrected chi connectivity index (χ1v) is 11.9. The number of amides is 1. The van der Waals surface area contributed by atoms with E-state index in [4.69, 9.17) is 0 Å². The van der Waals surface area contributed by atoms with Crippen molar-refractivity contribution >= 4 is 29.0 Å². The van der Waals surface area contributed by atoms with Gasteiger partial charge in [-0.1, -0.05) is 42.4 Å². The smallest absolute Gasteiger partial charge is 0.234 e. The summed E-state index contributed by atoms with van der Waals surface area (Å²) < 4.78 is 2.11. The number of nitrogens with one attached hydrogen (secondary N) is 1. The second-order valence-corrected chi connectivity index (χ2v) is 8.85. The molecular formula is C24H29N5OS. The van der Waals surface area contributed by atoms with E-state index in [0.29, 0.717) is 5.75 Å². The lowest BCUT2D eigenvalue weighted by molar-refractivity contribution is -0.113. The summed E-state index contributed by atoms with van der Waals surface area (Å²) in [5.74, 6) is 1.11. The van der Waals surface area contributed by atoms with Crippen molar-refractivity contribution in [1.29, 1.82) is 0 Å². The summed E-state index contributed by atoms with van der Waals surface area (Å²) >= 11 is 1.43. The summed E-state index contributed by atoms with van der Waals surface area (Å²) in [5, 5.41) is 12.5. The van der Waals surface area contributed by atoms with Crippen LogP contribution in [0.5, 0.6) is 0 Å². The third-order valence-corrected chi connectivity index (χ3v) is 6.36. The van der Waals surface area contributed by atoms with E-state index in [1.807, 2.05) is 18.2 Å². The first-order chi connectivity index (χ1) is 15.1. The molecule has 0 spiro atoms. The quantitative estimate of drug-likeness (QED) is 0.505. The van der Waals surface area contributed by atoms with Crippen LogP contribution < -0.4 is 10.2 Å². The molecule has 162 valence electrons. The van der Waals surface area contributed by atoms with Crippen LogP contribution in [0.15, 0.2) is 53.7 Å². The first kappa shape index (κ1) is 21.4. The molecule has 7 heteroatoms. The van der Waals surface area contributed by atoms with E-state index in [2.05, 4.69) is 69.2 Å². The highest BCUT2D eigenvalue weighted by Crippen LogP contribution is 2.26. The molecule has 6 nitrogen and oxygen atoms in total. The molecule has 0 bridgehead atoms. The Kier molecular flexibility index (Phi) is 6.92. The molecule has 0 saturated carbocycles. The van der Waals surface area contributed by atoms with Gasteiger partial charge in [-0.25, -0.2) is 0 Å². The molecule has 1 saturated heterocycles. The number of thioether (sulfide) groups is 1. The number of aromatic nitrogens is 3. The summed E-state index contributed by atoms with van der Waals surface area (Å²) in [5.41, 5.74) is 4.29. The van der Waals surface area contributed by atoms with Gasteiger partial charge in [0.15, 0.2) is 11.0 Å². The lowest BCUT2D eigenvalue weighted by Gasteiger charge is -2.17. The fraction of sp³-hybridized carbons (Fsp3) is 0.375. The van der Waals surface area contributed by atoms with Crippen LogP contribution in [-0.4, -0.2) is 39.5 Å². The standard InChI is InChI=1S/C24H29N5OS/c1-3-13-29-23(19-8-6-7-18(2)16-19)26-27-24(29)31-17-22(30)25-20-9-11-21(12-10-20)28-14-4-5-15-28/h6-12,16H,3-5,13-15,17H2,1-2H3,(H,25,30). The zero-order valence-electron chi connectivity index (χ0n) is 18.2. The second-order valence-electron chi connectivity index (χ2n) is 7.91. The Hall–Kier alpha value is -2.80. The van der Waals surface area contributed by atoms with E-state index in [0.717, 1.165) is 48.3 Å². The van der Waals surface area contributed by atoms with Gasteiger partial charge in [-0.2, -0.15) is 0 Å². The molecule has 31 heavy (non-hydrogen) atoms. The number of anilines is 2. The number of carbonyl (C=O) groups excluding carboxylic acids is 1.